The molecular weight excluding hydrogens is 234 g/mol. The van der Waals surface area contributed by atoms with Gasteiger partial charge in [0.2, 0.25) is 0 Å². The van der Waals surface area contributed by atoms with Crippen LogP contribution in [0.3, 0.4) is 0 Å². The second kappa shape index (κ2) is 5.06. The molecule has 2 rings (SSSR count). The molecule has 3 N–H and O–H groups in total. The summed E-state index contributed by atoms with van der Waals surface area (Å²) in [5, 5.41) is 3.93. The lowest BCUT2D eigenvalue weighted by atomic mass is 10.1. The number of aromatic nitrogens is 1. The van der Waals surface area contributed by atoms with Gasteiger partial charge in [-0.1, -0.05) is 23.7 Å². The number of halogens is 1. The molecule has 0 saturated carbocycles. The molecule has 1 atom stereocenters. The lowest BCUT2D eigenvalue weighted by Crippen LogP contribution is -2.07. The first-order valence-corrected chi connectivity index (χ1v) is 5.76. The quantitative estimate of drug-likeness (QED) is 0.817. The second-order valence-electron chi connectivity index (χ2n) is 3.89. The molecule has 0 amide bonds. The van der Waals surface area contributed by atoms with Gasteiger partial charge in [-0.25, -0.2) is 4.98 Å². The summed E-state index contributed by atoms with van der Waals surface area (Å²) in [7, 11) is 0. The zero-order valence-corrected chi connectivity index (χ0v) is 10.3. The summed E-state index contributed by atoms with van der Waals surface area (Å²) in [6.45, 7) is 2.07. The van der Waals surface area contributed by atoms with Crippen LogP contribution in [0.1, 0.15) is 18.5 Å². The highest BCUT2D eigenvalue weighted by atomic mass is 35.5. The second-order valence-corrected chi connectivity index (χ2v) is 4.33. The minimum absolute atomic E-state index is 0.171. The molecule has 1 heterocycles. The smallest absolute Gasteiger partial charge is 0.126 e. The molecule has 0 aliphatic rings. The van der Waals surface area contributed by atoms with Crippen molar-refractivity contribution in [2.24, 2.45) is 0 Å². The lowest BCUT2D eigenvalue weighted by Gasteiger charge is -2.15. The third-order valence-electron chi connectivity index (χ3n) is 2.53. The standard InChI is InChI=1S/C13H14ClN3/c1-9(10-2-5-12(15)6-3-10)17-13-7-4-11(14)8-16-13/h2-9H,15H2,1H3,(H,16,17). The van der Waals surface area contributed by atoms with E-state index in [-0.39, 0.29) is 6.04 Å². The van der Waals surface area contributed by atoms with Gasteiger partial charge in [-0.15, -0.1) is 0 Å². The Hall–Kier alpha value is -1.74. The van der Waals surface area contributed by atoms with Crippen LogP contribution >= 0.6 is 11.6 Å². The van der Waals surface area contributed by atoms with E-state index in [4.69, 9.17) is 17.3 Å². The summed E-state index contributed by atoms with van der Waals surface area (Å²) in [6.07, 6.45) is 1.62. The zero-order valence-electron chi connectivity index (χ0n) is 9.52. The van der Waals surface area contributed by atoms with Crippen LogP contribution in [0.15, 0.2) is 42.6 Å². The molecule has 0 saturated heterocycles. The molecule has 0 bridgehead atoms. The van der Waals surface area contributed by atoms with Crippen LogP contribution in [0.2, 0.25) is 5.02 Å². The Morgan fingerprint density at radius 3 is 2.47 bits per heavy atom. The van der Waals surface area contributed by atoms with E-state index in [0.717, 1.165) is 17.1 Å². The van der Waals surface area contributed by atoms with Crippen LogP contribution in [0, 0.1) is 0 Å². The highest BCUT2D eigenvalue weighted by Gasteiger charge is 2.05. The summed E-state index contributed by atoms with van der Waals surface area (Å²) >= 11 is 5.78. The SMILES string of the molecule is CC(Nc1ccc(Cl)cn1)c1ccc(N)cc1. The van der Waals surface area contributed by atoms with Gasteiger partial charge in [0, 0.05) is 17.9 Å². The van der Waals surface area contributed by atoms with Crippen LogP contribution in [0.25, 0.3) is 0 Å². The maximum absolute atomic E-state index is 5.78. The number of nitrogens with one attached hydrogen (secondary N) is 1. The summed E-state index contributed by atoms with van der Waals surface area (Å²) in [5.41, 5.74) is 7.58. The highest BCUT2D eigenvalue weighted by Crippen LogP contribution is 2.19. The monoisotopic (exact) mass is 247 g/mol. The van der Waals surface area contributed by atoms with Gasteiger partial charge in [0.25, 0.3) is 0 Å². The van der Waals surface area contributed by atoms with Gasteiger partial charge in [-0.3, -0.25) is 0 Å². The van der Waals surface area contributed by atoms with Crippen LogP contribution in [-0.4, -0.2) is 4.98 Å². The van der Waals surface area contributed by atoms with Crippen molar-refractivity contribution in [2.75, 3.05) is 11.1 Å². The first kappa shape index (κ1) is 11.7. The number of nitrogens with zero attached hydrogens (tertiary/aromatic N) is 1. The van der Waals surface area contributed by atoms with E-state index in [2.05, 4.69) is 17.2 Å². The van der Waals surface area contributed by atoms with E-state index in [1.165, 1.54) is 0 Å². The molecule has 0 spiro atoms. The number of anilines is 2. The molecule has 0 aliphatic heterocycles. The molecule has 0 radical (unpaired) electrons. The average molecular weight is 248 g/mol. The van der Waals surface area contributed by atoms with Crippen molar-refractivity contribution in [3.05, 3.63) is 53.2 Å². The molecule has 0 fully saturated rings. The largest absolute Gasteiger partial charge is 0.399 e. The van der Waals surface area contributed by atoms with Gasteiger partial charge in [-0.2, -0.15) is 0 Å². The number of benzene rings is 1. The van der Waals surface area contributed by atoms with Crippen molar-refractivity contribution in [1.82, 2.24) is 4.98 Å². The number of pyridine rings is 1. The van der Waals surface area contributed by atoms with Crippen LogP contribution in [-0.2, 0) is 0 Å². The van der Waals surface area contributed by atoms with E-state index >= 15 is 0 Å². The summed E-state index contributed by atoms with van der Waals surface area (Å²) in [6, 6.07) is 11.6. The lowest BCUT2D eigenvalue weighted by molar-refractivity contribution is 0.875. The molecule has 88 valence electrons. The molecular formula is C13H14ClN3. The van der Waals surface area contributed by atoms with Gasteiger partial charge >= 0.3 is 0 Å². The van der Waals surface area contributed by atoms with E-state index in [0.29, 0.717) is 5.02 Å². The van der Waals surface area contributed by atoms with Crippen molar-refractivity contribution in [3.8, 4) is 0 Å². The molecule has 1 aromatic heterocycles. The first-order valence-electron chi connectivity index (χ1n) is 5.38. The Labute approximate surface area is 106 Å². The number of hydrogen-bond acceptors (Lipinski definition) is 3. The summed E-state index contributed by atoms with van der Waals surface area (Å²) < 4.78 is 0. The Kier molecular flexibility index (Phi) is 3.49. The highest BCUT2D eigenvalue weighted by molar-refractivity contribution is 6.30. The predicted molar refractivity (Wildman–Crippen MR) is 72.1 cm³/mol. The van der Waals surface area contributed by atoms with Crippen molar-refractivity contribution in [2.45, 2.75) is 13.0 Å². The minimum Gasteiger partial charge on any atom is -0.399 e. The van der Waals surface area contributed by atoms with Gasteiger partial charge in [-0.05, 0) is 36.8 Å². The normalized spacial score (nSPS) is 12.1. The third-order valence-corrected chi connectivity index (χ3v) is 2.75. The Morgan fingerprint density at radius 2 is 1.88 bits per heavy atom. The molecule has 1 unspecified atom stereocenters. The Morgan fingerprint density at radius 1 is 1.18 bits per heavy atom. The zero-order chi connectivity index (χ0) is 12.3. The maximum Gasteiger partial charge on any atom is 0.126 e. The number of nitrogens with two attached hydrogens (primary N) is 1. The number of rotatable bonds is 3. The molecule has 17 heavy (non-hydrogen) atoms. The third kappa shape index (κ3) is 3.11. The fourth-order valence-electron chi connectivity index (χ4n) is 1.55. The molecule has 0 aliphatic carbocycles. The van der Waals surface area contributed by atoms with Gasteiger partial charge < -0.3 is 11.1 Å². The summed E-state index contributed by atoms with van der Waals surface area (Å²) in [4.78, 5) is 4.19. The van der Waals surface area contributed by atoms with Crippen LogP contribution in [0.4, 0.5) is 11.5 Å². The maximum atomic E-state index is 5.78. The number of nitrogen functional groups attached to an aromatic ring is 1. The topological polar surface area (TPSA) is 50.9 Å². The molecule has 3 nitrogen and oxygen atoms in total. The van der Waals surface area contributed by atoms with E-state index in [1.807, 2.05) is 36.4 Å². The van der Waals surface area contributed by atoms with E-state index in [9.17, 15) is 0 Å². The summed E-state index contributed by atoms with van der Waals surface area (Å²) in [5.74, 6) is 0.804. The van der Waals surface area contributed by atoms with Crippen molar-refractivity contribution in [3.63, 3.8) is 0 Å². The Balaban J connectivity index is 2.08. The first-order chi connectivity index (χ1) is 8.15. The van der Waals surface area contributed by atoms with E-state index in [1.54, 1.807) is 6.20 Å². The van der Waals surface area contributed by atoms with Gasteiger partial charge in [0.15, 0.2) is 0 Å². The van der Waals surface area contributed by atoms with Gasteiger partial charge in [0.1, 0.15) is 5.82 Å². The molecule has 2 aromatic rings. The van der Waals surface area contributed by atoms with Crippen molar-refractivity contribution >= 4 is 23.1 Å². The van der Waals surface area contributed by atoms with Crippen molar-refractivity contribution in [1.29, 1.82) is 0 Å². The number of hydrogen-bond donors (Lipinski definition) is 2. The average Bonchev–Trinajstić information content (AvgIpc) is 2.33. The fraction of sp³-hybridized carbons (Fsp3) is 0.154. The fourth-order valence-corrected chi connectivity index (χ4v) is 1.66. The predicted octanol–water partition coefficient (Wildman–Crippen LogP) is 3.49. The van der Waals surface area contributed by atoms with Crippen LogP contribution in [0.5, 0.6) is 0 Å². The Bertz CT molecular complexity index is 479. The van der Waals surface area contributed by atoms with E-state index < -0.39 is 0 Å². The van der Waals surface area contributed by atoms with Gasteiger partial charge in [0.05, 0.1) is 5.02 Å². The minimum atomic E-state index is 0.171. The molecule has 1 aromatic carbocycles. The van der Waals surface area contributed by atoms with Crippen molar-refractivity contribution < 1.29 is 0 Å². The molecule has 4 heteroatoms. The van der Waals surface area contributed by atoms with Crippen LogP contribution < -0.4 is 11.1 Å².